The summed E-state index contributed by atoms with van der Waals surface area (Å²) in [4.78, 5) is 139. The van der Waals surface area contributed by atoms with E-state index in [1.807, 2.05) is 92.9 Å². The monoisotopic (exact) mass is 1150 g/mol. The highest BCUT2D eigenvalue weighted by Gasteiger charge is 2.35. The molecule has 4 aromatic heterocycles. The van der Waals surface area contributed by atoms with E-state index in [9.17, 15) is 43.2 Å². The van der Waals surface area contributed by atoms with Crippen LogP contribution in [0.5, 0.6) is 0 Å². The zero-order valence-corrected chi connectivity index (χ0v) is 48.2. The molecule has 0 fully saturated rings. The second-order valence-electron chi connectivity index (χ2n) is 20.9. The average molecular weight is 1150 g/mol. The maximum atomic E-state index is 14.7. The van der Waals surface area contributed by atoms with E-state index < -0.39 is 108 Å². The van der Waals surface area contributed by atoms with Gasteiger partial charge in [-0.25, -0.2) is 0 Å². The summed E-state index contributed by atoms with van der Waals surface area (Å²) < 4.78 is 0. The fourth-order valence-electron chi connectivity index (χ4n) is 9.07. The number of hydrogen-bond donors (Lipinski definition) is 10. The molecule has 0 radical (unpaired) electrons. The molecule has 24 heteroatoms. The van der Waals surface area contributed by atoms with Crippen molar-refractivity contribution < 1.29 is 43.2 Å². The van der Waals surface area contributed by atoms with E-state index in [1.54, 1.807) is 38.6 Å². The normalized spacial score (nSPS) is 13.5. The van der Waals surface area contributed by atoms with Gasteiger partial charge in [-0.15, -0.1) is 0 Å². The standard InChI is InChI=1S/C58H78N14O9S/c1-35(2)26-47(56(79)68-46(22-25-82-6)55(78)71-52(36(3)4)58(81)70-49(28-50(59)74)53(76)65-31-51(60)75)69-54(77)45(67-57(80)48(66-37(5)73)27-39-30-64-44-18-8-7-17-43(39)44)19-13-14-38-20-21-42(63-29-38)34-72(32-40-15-9-11-23-61-40)33-41-16-10-12-24-62-41/h7-12,15-18,20-21,23-24,29-30,35-36,45-49,52,64H,13-14,19,22,25-28,31-34H2,1-6H3,(H2,59,74)(H2,60,75)(H,65,76)(H,66,73)(H,67,80)(H,68,79)(H,69,77)(H,70,81)(H,71,78)/t45-,46-,47-,48-,49-,52-/m0/s1. The van der Waals surface area contributed by atoms with Crippen LogP contribution in [-0.4, -0.2) is 133 Å². The summed E-state index contributed by atoms with van der Waals surface area (Å²) in [7, 11) is 0. The Kier molecular flexibility index (Phi) is 25.9. The lowest BCUT2D eigenvalue weighted by Crippen LogP contribution is -2.61. The minimum Gasteiger partial charge on any atom is -0.370 e. The van der Waals surface area contributed by atoms with Gasteiger partial charge in [0, 0.05) is 68.7 Å². The van der Waals surface area contributed by atoms with E-state index in [4.69, 9.17) is 16.5 Å². The van der Waals surface area contributed by atoms with Crippen molar-refractivity contribution in [1.82, 2.24) is 62.1 Å². The number of nitrogens with one attached hydrogen (secondary N) is 8. The number of nitrogens with zero attached hydrogens (tertiary/aromatic N) is 4. The SMILES string of the molecule is CSCC[C@H](NC(=O)[C@H](CC(C)C)NC(=O)[C@H](CCCc1ccc(CN(Cc2ccccn2)Cc2ccccn2)nc1)NC(=O)[C@H](Cc1c[nH]c2ccccc12)NC(C)=O)C(=O)N[C@H](C(=O)N[C@@H](CC(N)=O)C(=O)NCC(N)=O)C(C)C. The Balaban J connectivity index is 1.35. The van der Waals surface area contributed by atoms with Crippen molar-refractivity contribution in [3.63, 3.8) is 0 Å². The van der Waals surface area contributed by atoms with Crippen molar-refractivity contribution >= 4 is 75.8 Å². The summed E-state index contributed by atoms with van der Waals surface area (Å²) in [5.41, 5.74) is 15.6. The van der Waals surface area contributed by atoms with Crippen molar-refractivity contribution in [3.8, 4) is 0 Å². The summed E-state index contributed by atoms with van der Waals surface area (Å²) in [5.74, 6) is -7.07. The van der Waals surface area contributed by atoms with Crippen LogP contribution in [0.3, 0.4) is 0 Å². The number of nitrogens with two attached hydrogens (primary N) is 2. The van der Waals surface area contributed by atoms with Gasteiger partial charge < -0.3 is 53.7 Å². The molecule has 0 spiro atoms. The molecule has 23 nitrogen and oxygen atoms in total. The number of aromatic amines is 1. The number of carbonyl (C=O) groups is 9. The first-order valence-electron chi connectivity index (χ1n) is 27.3. The predicted octanol–water partition coefficient (Wildman–Crippen LogP) is 1.98. The fraction of sp³-hybridized carbons (Fsp3) is 0.448. The zero-order valence-electron chi connectivity index (χ0n) is 47.4. The number of para-hydroxylation sites is 1. The first kappa shape index (κ1) is 64.6. The Labute approximate surface area is 482 Å². The zero-order chi connectivity index (χ0) is 59.7. The third-order valence-corrected chi connectivity index (χ3v) is 13.8. The van der Waals surface area contributed by atoms with Gasteiger partial charge in [-0.05, 0) is 103 Å². The van der Waals surface area contributed by atoms with Crippen LogP contribution in [0.25, 0.3) is 10.9 Å². The highest BCUT2D eigenvalue weighted by atomic mass is 32.2. The molecule has 5 aromatic rings. The van der Waals surface area contributed by atoms with Gasteiger partial charge in [0.1, 0.15) is 36.3 Å². The maximum Gasteiger partial charge on any atom is 0.243 e. The van der Waals surface area contributed by atoms with Crippen LogP contribution < -0.4 is 48.7 Å². The van der Waals surface area contributed by atoms with Gasteiger partial charge in [0.15, 0.2) is 0 Å². The van der Waals surface area contributed by atoms with Crippen LogP contribution in [-0.2, 0) is 75.6 Å². The number of benzene rings is 1. The third-order valence-electron chi connectivity index (χ3n) is 13.2. The smallest absolute Gasteiger partial charge is 0.243 e. The minimum atomic E-state index is -1.50. The molecule has 4 heterocycles. The van der Waals surface area contributed by atoms with Gasteiger partial charge in [0.25, 0.3) is 0 Å². The summed E-state index contributed by atoms with van der Waals surface area (Å²) >= 11 is 1.41. The summed E-state index contributed by atoms with van der Waals surface area (Å²) in [6.07, 6.45) is 9.57. The summed E-state index contributed by atoms with van der Waals surface area (Å²) in [6, 6.07) is 15.5. The minimum absolute atomic E-state index is 0.0976. The van der Waals surface area contributed by atoms with Gasteiger partial charge in [-0.3, -0.25) is 63.0 Å². The Hall–Kier alpha value is -8.25. The van der Waals surface area contributed by atoms with Crippen LogP contribution in [0.4, 0.5) is 0 Å². The average Bonchev–Trinajstić information content (AvgIpc) is 3.89. The molecule has 12 N–H and O–H groups in total. The van der Waals surface area contributed by atoms with Gasteiger partial charge in [0.2, 0.25) is 53.2 Å². The second kappa shape index (κ2) is 32.9. The molecule has 5 rings (SSSR count). The lowest BCUT2D eigenvalue weighted by atomic mass is 9.99. The van der Waals surface area contributed by atoms with E-state index >= 15 is 0 Å². The first-order valence-corrected chi connectivity index (χ1v) is 28.7. The largest absolute Gasteiger partial charge is 0.370 e. The molecule has 9 amide bonds. The molecular weight excluding hydrogens is 1070 g/mol. The number of primary amides is 2. The molecule has 0 aliphatic heterocycles. The molecule has 0 saturated carbocycles. The van der Waals surface area contributed by atoms with Gasteiger partial charge in [-0.1, -0.05) is 64.1 Å². The summed E-state index contributed by atoms with van der Waals surface area (Å²) in [6.45, 7) is 9.38. The second-order valence-corrected chi connectivity index (χ2v) is 21.9. The van der Waals surface area contributed by atoms with E-state index in [0.717, 1.165) is 39.1 Å². The maximum absolute atomic E-state index is 14.7. The number of aryl methyl sites for hydroxylation is 1. The van der Waals surface area contributed by atoms with Crippen LogP contribution in [0.2, 0.25) is 0 Å². The number of pyridine rings is 3. The highest BCUT2D eigenvalue weighted by Crippen LogP contribution is 2.20. The predicted molar refractivity (Wildman–Crippen MR) is 311 cm³/mol. The molecule has 440 valence electrons. The van der Waals surface area contributed by atoms with Crippen LogP contribution in [0.15, 0.2) is 97.6 Å². The molecule has 82 heavy (non-hydrogen) atoms. The lowest BCUT2D eigenvalue weighted by Gasteiger charge is -2.29. The quantitative estimate of drug-likeness (QED) is 0.0282. The Bertz CT molecular complexity index is 2890. The highest BCUT2D eigenvalue weighted by molar-refractivity contribution is 7.98. The number of hydrogen-bond acceptors (Lipinski definition) is 14. The van der Waals surface area contributed by atoms with Crippen molar-refractivity contribution in [2.24, 2.45) is 23.3 Å². The fourth-order valence-corrected chi connectivity index (χ4v) is 9.54. The Morgan fingerprint density at radius 1 is 0.610 bits per heavy atom. The number of rotatable bonds is 34. The van der Waals surface area contributed by atoms with E-state index in [2.05, 4.69) is 57.1 Å². The molecule has 0 saturated heterocycles. The molecule has 0 bridgehead atoms. The molecule has 0 unspecified atom stereocenters. The van der Waals surface area contributed by atoms with Crippen molar-refractivity contribution in [1.29, 1.82) is 0 Å². The van der Waals surface area contributed by atoms with Crippen molar-refractivity contribution in [3.05, 3.63) is 126 Å². The van der Waals surface area contributed by atoms with Gasteiger partial charge >= 0.3 is 0 Å². The molecule has 0 aliphatic rings. The number of aromatic nitrogens is 4. The van der Waals surface area contributed by atoms with E-state index in [0.29, 0.717) is 38.2 Å². The topological polar surface area (TPSA) is 348 Å². The van der Waals surface area contributed by atoms with Gasteiger partial charge in [0.05, 0.1) is 30.0 Å². The third kappa shape index (κ3) is 21.7. The van der Waals surface area contributed by atoms with Crippen LogP contribution in [0, 0.1) is 11.8 Å². The Morgan fingerprint density at radius 2 is 1.18 bits per heavy atom. The molecular formula is C58H78N14O9S. The lowest BCUT2D eigenvalue weighted by molar-refractivity contribution is -0.136. The number of thioether (sulfide) groups is 1. The van der Waals surface area contributed by atoms with Crippen LogP contribution in [0.1, 0.15) is 94.9 Å². The molecule has 1 aromatic carbocycles. The molecule has 0 aliphatic carbocycles. The van der Waals surface area contributed by atoms with Crippen molar-refractivity contribution in [2.75, 3.05) is 18.6 Å². The number of carbonyl (C=O) groups excluding carboxylic acids is 9. The summed E-state index contributed by atoms with van der Waals surface area (Å²) in [5, 5.41) is 19.5. The first-order chi connectivity index (χ1) is 39.2. The number of amides is 9. The van der Waals surface area contributed by atoms with Gasteiger partial charge in [-0.2, -0.15) is 11.8 Å². The van der Waals surface area contributed by atoms with Crippen molar-refractivity contribution in [2.45, 2.75) is 135 Å². The Morgan fingerprint density at radius 3 is 1.74 bits per heavy atom. The van der Waals surface area contributed by atoms with E-state index in [-0.39, 0.29) is 31.6 Å². The number of H-pyrrole nitrogens is 1. The van der Waals surface area contributed by atoms with E-state index in [1.165, 1.54) is 18.7 Å². The van der Waals surface area contributed by atoms with Crippen LogP contribution >= 0.6 is 11.8 Å². The number of fused-ring (bicyclic) bond motifs is 1. The molecule has 6 atom stereocenters.